The number of rotatable bonds is 3. The summed E-state index contributed by atoms with van der Waals surface area (Å²) in [5.41, 5.74) is 0.774. The lowest BCUT2D eigenvalue weighted by Crippen LogP contribution is -2.29. The Morgan fingerprint density at radius 1 is 1.41 bits per heavy atom. The van der Waals surface area contributed by atoms with Crippen molar-refractivity contribution in [3.05, 3.63) is 27.1 Å². The van der Waals surface area contributed by atoms with Crippen LogP contribution in [0, 0.1) is 0 Å². The summed E-state index contributed by atoms with van der Waals surface area (Å²) in [5, 5.41) is 4.67. The van der Waals surface area contributed by atoms with Crippen LogP contribution in [-0.4, -0.2) is 9.78 Å². The van der Waals surface area contributed by atoms with E-state index >= 15 is 0 Å². The van der Waals surface area contributed by atoms with Gasteiger partial charge in [0.25, 0.3) is 5.56 Å². The normalized spacial score (nSPS) is 17.3. The predicted octanol–water partition coefficient (Wildman–Crippen LogP) is 3.35. The van der Waals surface area contributed by atoms with E-state index in [4.69, 9.17) is 11.6 Å². The van der Waals surface area contributed by atoms with Crippen LogP contribution in [0.25, 0.3) is 0 Å². The van der Waals surface area contributed by atoms with Crippen LogP contribution in [-0.2, 0) is 6.42 Å². The molecule has 0 aliphatic heterocycles. The molecule has 0 amide bonds. The highest BCUT2D eigenvalue weighted by Crippen LogP contribution is 2.26. The fourth-order valence-corrected chi connectivity index (χ4v) is 2.74. The van der Waals surface area contributed by atoms with Crippen LogP contribution in [0.15, 0.2) is 11.0 Å². The Bertz CT molecular complexity index is 436. The highest BCUT2D eigenvalue weighted by Gasteiger charge is 2.19. The molecule has 0 atom stereocenters. The summed E-state index contributed by atoms with van der Waals surface area (Å²) in [4.78, 5) is 12.1. The van der Waals surface area contributed by atoms with Crippen molar-refractivity contribution in [2.75, 3.05) is 0 Å². The standard InChI is InChI=1S/C13H19ClN2O/c1-2-6-10-9-15-16(13(17)12(10)14)11-7-4-3-5-8-11/h9,11H,2-8H2,1H3. The molecule has 0 radical (unpaired) electrons. The van der Waals surface area contributed by atoms with Crippen LogP contribution in [0.4, 0.5) is 0 Å². The van der Waals surface area contributed by atoms with Gasteiger partial charge in [-0.25, -0.2) is 4.68 Å². The Morgan fingerprint density at radius 2 is 2.12 bits per heavy atom. The van der Waals surface area contributed by atoms with Crippen LogP contribution >= 0.6 is 11.6 Å². The van der Waals surface area contributed by atoms with Gasteiger partial charge in [0.05, 0.1) is 12.2 Å². The predicted molar refractivity (Wildman–Crippen MR) is 69.6 cm³/mol. The van der Waals surface area contributed by atoms with Crippen molar-refractivity contribution in [1.82, 2.24) is 9.78 Å². The number of aromatic nitrogens is 2. The first-order chi connectivity index (χ1) is 8.24. The zero-order valence-electron chi connectivity index (χ0n) is 10.3. The second-order valence-electron chi connectivity index (χ2n) is 4.78. The Morgan fingerprint density at radius 3 is 2.76 bits per heavy atom. The number of hydrogen-bond donors (Lipinski definition) is 0. The van der Waals surface area contributed by atoms with E-state index in [1.807, 2.05) is 0 Å². The molecule has 4 heteroatoms. The Hall–Kier alpha value is -0.830. The summed E-state index contributed by atoms with van der Waals surface area (Å²) in [6.07, 6.45) is 9.32. The minimum atomic E-state index is -0.107. The summed E-state index contributed by atoms with van der Waals surface area (Å²) in [6, 6.07) is 0.254. The number of aryl methyl sites for hydroxylation is 1. The lowest BCUT2D eigenvalue weighted by Gasteiger charge is -2.23. The summed E-state index contributed by atoms with van der Waals surface area (Å²) >= 11 is 6.12. The summed E-state index contributed by atoms with van der Waals surface area (Å²) in [5.74, 6) is 0. The maximum Gasteiger partial charge on any atom is 0.286 e. The molecule has 1 aromatic rings. The average Bonchev–Trinajstić information content (AvgIpc) is 2.36. The summed E-state index contributed by atoms with van der Waals surface area (Å²) in [6.45, 7) is 2.07. The molecule has 0 bridgehead atoms. The first kappa shape index (κ1) is 12.6. The highest BCUT2D eigenvalue weighted by molar-refractivity contribution is 6.31. The molecule has 94 valence electrons. The molecule has 3 nitrogen and oxygen atoms in total. The molecular weight excluding hydrogens is 236 g/mol. The molecule has 0 saturated heterocycles. The van der Waals surface area contributed by atoms with E-state index in [9.17, 15) is 4.79 Å². The third-order valence-corrected chi connectivity index (χ3v) is 3.86. The van der Waals surface area contributed by atoms with Gasteiger partial charge in [-0.3, -0.25) is 4.79 Å². The van der Waals surface area contributed by atoms with Gasteiger partial charge >= 0.3 is 0 Å². The van der Waals surface area contributed by atoms with Crippen LogP contribution in [0.1, 0.15) is 57.1 Å². The van der Waals surface area contributed by atoms with Gasteiger partial charge in [-0.2, -0.15) is 5.10 Å². The number of halogens is 1. The molecule has 0 unspecified atom stereocenters. The van der Waals surface area contributed by atoms with Gasteiger partial charge in [0, 0.05) is 0 Å². The molecule has 1 heterocycles. The Kier molecular flexibility index (Phi) is 4.21. The van der Waals surface area contributed by atoms with Crippen molar-refractivity contribution in [2.45, 2.75) is 57.9 Å². The second-order valence-corrected chi connectivity index (χ2v) is 5.15. The Balaban J connectivity index is 2.29. The maximum absolute atomic E-state index is 12.1. The highest BCUT2D eigenvalue weighted by atomic mass is 35.5. The second kappa shape index (κ2) is 5.67. The van der Waals surface area contributed by atoms with Crippen molar-refractivity contribution >= 4 is 11.6 Å². The van der Waals surface area contributed by atoms with Crippen LogP contribution < -0.4 is 5.56 Å². The van der Waals surface area contributed by atoms with Gasteiger partial charge in [-0.15, -0.1) is 0 Å². The zero-order chi connectivity index (χ0) is 12.3. The molecule has 1 aliphatic rings. The monoisotopic (exact) mass is 254 g/mol. The molecule has 2 rings (SSSR count). The molecule has 0 aromatic carbocycles. The van der Waals surface area contributed by atoms with E-state index in [2.05, 4.69) is 12.0 Å². The third-order valence-electron chi connectivity index (χ3n) is 3.46. The third kappa shape index (κ3) is 2.71. The maximum atomic E-state index is 12.1. The van der Waals surface area contributed by atoms with Crippen LogP contribution in [0.3, 0.4) is 0 Å². The summed E-state index contributed by atoms with van der Waals surface area (Å²) < 4.78 is 1.60. The zero-order valence-corrected chi connectivity index (χ0v) is 11.0. The minimum absolute atomic E-state index is 0.107. The fourth-order valence-electron chi connectivity index (χ4n) is 2.51. The Labute approximate surface area is 107 Å². The first-order valence-corrected chi connectivity index (χ1v) is 6.88. The molecule has 17 heavy (non-hydrogen) atoms. The van der Waals surface area contributed by atoms with Crippen LogP contribution in [0.2, 0.25) is 5.02 Å². The quantitative estimate of drug-likeness (QED) is 0.829. The summed E-state index contributed by atoms with van der Waals surface area (Å²) in [7, 11) is 0. The van der Waals surface area contributed by atoms with Gasteiger partial charge in [0.2, 0.25) is 0 Å². The molecule has 1 aromatic heterocycles. The van der Waals surface area contributed by atoms with Crippen molar-refractivity contribution in [1.29, 1.82) is 0 Å². The van der Waals surface area contributed by atoms with E-state index < -0.39 is 0 Å². The fraction of sp³-hybridized carbons (Fsp3) is 0.692. The van der Waals surface area contributed by atoms with Crippen molar-refractivity contribution in [3.8, 4) is 0 Å². The largest absolute Gasteiger partial charge is 0.286 e. The lowest BCUT2D eigenvalue weighted by atomic mass is 9.95. The topological polar surface area (TPSA) is 34.9 Å². The minimum Gasteiger partial charge on any atom is -0.266 e. The van der Waals surface area contributed by atoms with Crippen molar-refractivity contribution < 1.29 is 0 Å². The van der Waals surface area contributed by atoms with Gasteiger partial charge < -0.3 is 0 Å². The first-order valence-electron chi connectivity index (χ1n) is 6.50. The van der Waals surface area contributed by atoms with E-state index in [1.165, 1.54) is 19.3 Å². The molecule has 0 spiro atoms. The molecule has 1 saturated carbocycles. The average molecular weight is 255 g/mol. The van der Waals surface area contributed by atoms with Gasteiger partial charge in [0.15, 0.2) is 0 Å². The van der Waals surface area contributed by atoms with E-state index in [0.29, 0.717) is 5.02 Å². The van der Waals surface area contributed by atoms with Gasteiger partial charge in [-0.1, -0.05) is 44.2 Å². The SMILES string of the molecule is CCCc1cnn(C2CCCCC2)c(=O)c1Cl. The number of hydrogen-bond acceptors (Lipinski definition) is 2. The smallest absolute Gasteiger partial charge is 0.266 e. The molecular formula is C13H19ClN2O. The van der Waals surface area contributed by atoms with E-state index in [-0.39, 0.29) is 11.6 Å². The van der Waals surface area contributed by atoms with Crippen LogP contribution in [0.5, 0.6) is 0 Å². The van der Waals surface area contributed by atoms with E-state index in [0.717, 1.165) is 31.2 Å². The molecule has 1 aliphatic carbocycles. The molecule has 0 N–H and O–H groups in total. The van der Waals surface area contributed by atoms with Gasteiger partial charge in [-0.05, 0) is 24.8 Å². The van der Waals surface area contributed by atoms with E-state index in [1.54, 1.807) is 10.9 Å². The van der Waals surface area contributed by atoms with Crippen molar-refractivity contribution in [3.63, 3.8) is 0 Å². The lowest BCUT2D eigenvalue weighted by molar-refractivity contribution is 0.318. The molecule has 1 fully saturated rings. The number of nitrogens with zero attached hydrogens (tertiary/aromatic N) is 2. The van der Waals surface area contributed by atoms with Crippen molar-refractivity contribution in [2.24, 2.45) is 0 Å². The van der Waals surface area contributed by atoms with Gasteiger partial charge in [0.1, 0.15) is 5.02 Å².